The zero-order chi connectivity index (χ0) is 34.9. The molecule has 0 heterocycles. The van der Waals surface area contributed by atoms with Crippen molar-refractivity contribution in [1.29, 1.82) is 0 Å². The maximum absolute atomic E-state index is 12.9. The SMILES string of the molecule is CCC(C)[C@H](NC(=O)Cc1ccc(C(=O)O)cc1)C(=O)NCCCCCNC(=O)[C@@H](NC(=O)Cc1ccc(C(=O)O)cc1)C(C)CC. The van der Waals surface area contributed by atoms with Gasteiger partial charge in [0.2, 0.25) is 23.6 Å². The summed E-state index contributed by atoms with van der Waals surface area (Å²) >= 11 is 0. The van der Waals surface area contributed by atoms with Crippen LogP contribution in [0.5, 0.6) is 0 Å². The Bertz CT molecular complexity index is 1260. The topological polar surface area (TPSA) is 191 Å². The first-order valence-electron chi connectivity index (χ1n) is 16.1. The molecule has 0 spiro atoms. The number of carboxylic acid groups (broad SMARTS) is 2. The van der Waals surface area contributed by atoms with Gasteiger partial charge in [-0.3, -0.25) is 19.2 Å². The van der Waals surface area contributed by atoms with Gasteiger partial charge in [0.15, 0.2) is 0 Å². The standard InChI is InChI=1S/C35H48N4O8/c1-5-22(3)30(38-28(40)20-24-10-14-26(15-11-24)34(44)45)32(42)36-18-8-7-9-19-37-33(43)31(23(4)6-2)39-29(41)21-25-12-16-27(17-13-25)35(46)47/h10-17,22-23,30-31H,5-9,18-21H2,1-4H3,(H,36,42)(H,37,43)(H,38,40)(H,39,41)(H,44,45)(H,46,47)/t22?,23?,30-,31-/m0/s1. The minimum atomic E-state index is -1.04. The van der Waals surface area contributed by atoms with E-state index in [1.54, 1.807) is 24.3 Å². The molecule has 6 N–H and O–H groups in total. The van der Waals surface area contributed by atoms with Crippen LogP contribution in [0.25, 0.3) is 0 Å². The zero-order valence-electron chi connectivity index (χ0n) is 27.6. The Morgan fingerprint density at radius 2 is 0.915 bits per heavy atom. The van der Waals surface area contributed by atoms with Gasteiger partial charge in [-0.2, -0.15) is 0 Å². The zero-order valence-corrected chi connectivity index (χ0v) is 27.6. The van der Waals surface area contributed by atoms with Crippen LogP contribution in [0.4, 0.5) is 0 Å². The monoisotopic (exact) mass is 652 g/mol. The molecular formula is C35H48N4O8. The van der Waals surface area contributed by atoms with Crippen LogP contribution in [-0.4, -0.2) is 71.0 Å². The van der Waals surface area contributed by atoms with E-state index in [1.165, 1.54) is 24.3 Å². The van der Waals surface area contributed by atoms with Crippen molar-refractivity contribution in [2.24, 2.45) is 11.8 Å². The molecule has 0 bridgehead atoms. The van der Waals surface area contributed by atoms with Crippen LogP contribution >= 0.6 is 0 Å². The number of rotatable bonds is 20. The minimum absolute atomic E-state index is 0.0236. The highest BCUT2D eigenvalue weighted by Crippen LogP contribution is 2.12. The van der Waals surface area contributed by atoms with Gasteiger partial charge in [-0.15, -0.1) is 0 Å². The van der Waals surface area contributed by atoms with Gasteiger partial charge < -0.3 is 31.5 Å². The Hall–Kier alpha value is -4.74. The van der Waals surface area contributed by atoms with E-state index in [0.29, 0.717) is 49.9 Å². The van der Waals surface area contributed by atoms with E-state index in [1.807, 2.05) is 27.7 Å². The predicted octanol–water partition coefficient (Wildman–Crippen LogP) is 3.33. The predicted molar refractivity (Wildman–Crippen MR) is 177 cm³/mol. The molecule has 0 fully saturated rings. The molecule has 12 heteroatoms. The van der Waals surface area contributed by atoms with Crippen LogP contribution in [0.2, 0.25) is 0 Å². The first kappa shape index (κ1) is 38.4. The number of carbonyl (C=O) groups is 6. The average molecular weight is 653 g/mol. The minimum Gasteiger partial charge on any atom is -0.478 e. The summed E-state index contributed by atoms with van der Waals surface area (Å²) in [7, 11) is 0. The second-order valence-electron chi connectivity index (χ2n) is 11.9. The van der Waals surface area contributed by atoms with E-state index in [0.717, 1.165) is 6.42 Å². The lowest BCUT2D eigenvalue weighted by Gasteiger charge is -2.24. The van der Waals surface area contributed by atoms with Gasteiger partial charge in [0, 0.05) is 13.1 Å². The van der Waals surface area contributed by atoms with E-state index < -0.39 is 24.0 Å². The smallest absolute Gasteiger partial charge is 0.335 e. The van der Waals surface area contributed by atoms with Gasteiger partial charge in [0.25, 0.3) is 0 Å². The maximum Gasteiger partial charge on any atom is 0.335 e. The molecule has 0 aliphatic heterocycles. The molecule has 4 atom stereocenters. The summed E-state index contributed by atoms with van der Waals surface area (Å²) in [5.41, 5.74) is 1.55. The lowest BCUT2D eigenvalue weighted by Crippen LogP contribution is -2.51. The summed E-state index contributed by atoms with van der Waals surface area (Å²) in [4.78, 5) is 73.3. The Balaban J connectivity index is 1.75. The average Bonchev–Trinajstić information content (AvgIpc) is 3.05. The van der Waals surface area contributed by atoms with Gasteiger partial charge in [-0.1, -0.05) is 64.8 Å². The highest BCUT2D eigenvalue weighted by atomic mass is 16.4. The molecule has 0 aliphatic rings. The van der Waals surface area contributed by atoms with Crippen molar-refractivity contribution in [2.45, 2.75) is 84.7 Å². The summed E-state index contributed by atoms with van der Waals surface area (Å²) in [6.45, 7) is 8.48. The summed E-state index contributed by atoms with van der Waals surface area (Å²) < 4.78 is 0. The molecule has 0 aliphatic carbocycles. The van der Waals surface area contributed by atoms with Crippen molar-refractivity contribution in [3.05, 3.63) is 70.8 Å². The molecule has 2 aromatic carbocycles. The van der Waals surface area contributed by atoms with Crippen LogP contribution in [0.1, 0.15) is 91.6 Å². The molecule has 2 unspecified atom stereocenters. The van der Waals surface area contributed by atoms with E-state index >= 15 is 0 Å². The second kappa shape index (κ2) is 19.7. The Labute approximate surface area is 276 Å². The van der Waals surface area contributed by atoms with Crippen LogP contribution in [-0.2, 0) is 32.0 Å². The molecule has 12 nitrogen and oxygen atoms in total. The molecule has 0 saturated heterocycles. The second-order valence-corrected chi connectivity index (χ2v) is 11.9. The molecular weight excluding hydrogens is 604 g/mol. The van der Waals surface area contributed by atoms with Gasteiger partial charge in [0.1, 0.15) is 12.1 Å². The first-order valence-corrected chi connectivity index (χ1v) is 16.1. The number of benzene rings is 2. The van der Waals surface area contributed by atoms with Crippen molar-refractivity contribution >= 4 is 35.6 Å². The van der Waals surface area contributed by atoms with E-state index in [9.17, 15) is 28.8 Å². The largest absolute Gasteiger partial charge is 0.478 e. The molecule has 0 aromatic heterocycles. The van der Waals surface area contributed by atoms with Crippen LogP contribution in [0.15, 0.2) is 48.5 Å². The quantitative estimate of drug-likeness (QED) is 0.117. The highest BCUT2D eigenvalue weighted by Gasteiger charge is 2.27. The first-order chi connectivity index (χ1) is 22.4. The Kier molecular flexibility index (Phi) is 16.1. The molecule has 2 aromatic rings. The Morgan fingerprint density at radius 3 is 1.21 bits per heavy atom. The van der Waals surface area contributed by atoms with Crippen LogP contribution in [0, 0.1) is 11.8 Å². The Morgan fingerprint density at radius 1 is 0.574 bits per heavy atom. The number of hydrogen-bond donors (Lipinski definition) is 6. The fourth-order valence-corrected chi connectivity index (χ4v) is 4.82. The van der Waals surface area contributed by atoms with E-state index in [2.05, 4.69) is 21.3 Å². The van der Waals surface area contributed by atoms with Gasteiger partial charge in [0.05, 0.1) is 24.0 Å². The summed E-state index contributed by atoms with van der Waals surface area (Å²) in [5.74, 6) is -3.48. The van der Waals surface area contributed by atoms with Gasteiger partial charge in [-0.05, 0) is 66.5 Å². The van der Waals surface area contributed by atoms with Crippen molar-refractivity contribution in [3.8, 4) is 0 Å². The van der Waals surface area contributed by atoms with Gasteiger partial charge in [-0.25, -0.2) is 9.59 Å². The molecule has 0 radical (unpaired) electrons. The summed E-state index contributed by atoms with van der Waals surface area (Å²) in [6.07, 6.45) is 3.49. The number of aromatic carboxylic acids is 2. The lowest BCUT2D eigenvalue weighted by molar-refractivity contribution is -0.130. The fourth-order valence-electron chi connectivity index (χ4n) is 4.82. The third-order valence-electron chi connectivity index (χ3n) is 8.21. The van der Waals surface area contributed by atoms with Crippen LogP contribution in [0.3, 0.4) is 0 Å². The fraction of sp³-hybridized carbons (Fsp3) is 0.486. The molecule has 256 valence electrons. The number of nitrogens with one attached hydrogen (secondary N) is 4. The normalized spacial score (nSPS) is 13.4. The molecule has 2 rings (SSSR count). The highest BCUT2D eigenvalue weighted by molar-refractivity contribution is 5.90. The van der Waals surface area contributed by atoms with E-state index in [-0.39, 0.29) is 59.4 Å². The van der Waals surface area contributed by atoms with Crippen molar-refractivity contribution in [3.63, 3.8) is 0 Å². The molecule has 0 saturated carbocycles. The maximum atomic E-state index is 12.9. The third kappa shape index (κ3) is 13.3. The number of carbonyl (C=O) groups excluding carboxylic acids is 4. The number of unbranched alkanes of at least 4 members (excludes halogenated alkanes) is 2. The third-order valence-corrected chi connectivity index (χ3v) is 8.21. The number of hydrogen-bond acceptors (Lipinski definition) is 6. The number of carboxylic acids is 2. The van der Waals surface area contributed by atoms with Gasteiger partial charge >= 0.3 is 11.9 Å². The molecule has 4 amide bonds. The van der Waals surface area contributed by atoms with E-state index in [4.69, 9.17) is 10.2 Å². The van der Waals surface area contributed by atoms with Crippen molar-refractivity contribution in [2.75, 3.05) is 13.1 Å². The molecule has 47 heavy (non-hydrogen) atoms. The number of amides is 4. The lowest BCUT2D eigenvalue weighted by atomic mass is 9.97. The summed E-state index contributed by atoms with van der Waals surface area (Å²) in [5, 5.41) is 29.5. The summed E-state index contributed by atoms with van der Waals surface area (Å²) in [6, 6.07) is 10.7. The van der Waals surface area contributed by atoms with Crippen molar-refractivity contribution < 1.29 is 39.0 Å². The van der Waals surface area contributed by atoms with Crippen molar-refractivity contribution in [1.82, 2.24) is 21.3 Å². The van der Waals surface area contributed by atoms with Crippen LogP contribution < -0.4 is 21.3 Å².